The number of phenols is 1. The molecule has 0 spiro atoms. The number of pyridine rings is 2. The molecular weight excluding hydrogens is 854 g/mol. The minimum atomic E-state index is -0.281. The van der Waals surface area contributed by atoms with Crippen LogP contribution in [0, 0.1) is 6.07 Å². The fourth-order valence-corrected chi connectivity index (χ4v) is 6.91. The number of hydrogen-bond donors (Lipinski definition) is 1. The number of aromatic hydroxyl groups is 1. The monoisotopic (exact) mass is 901 g/mol. The first-order chi connectivity index (χ1) is 25.9. The molecule has 1 atom stereocenters. The van der Waals surface area contributed by atoms with Crippen LogP contribution in [0.4, 0.5) is 17.2 Å². The summed E-state index contributed by atoms with van der Waals surface area (Å²) < 4.78 is 0. The fraction of sp³-hybridized carbons (Fsp3) is 0.200. The number of para-hydroxylation sites is 1. The molecule has 5 heteroatoms. The number of benzene rings is 5. The van der Waals surface area contributed by atoms with Crippen molar-refractivity contribution in [3.05, 3.63) is 180 Å². The quantitative estimate of drug-likeness (QED) is 0.154. The zero-order valence-electron chi connectivity index (χ0n) is 32.6. The molecule has 7 rings (SSSR count). The van der Waals surface area contributed by atoms with Gasteiger partial charge < -0.3 is 10.0 Å². The molecule has 0 aliphatic carbocycles. The SMILES string of the molecule is CC(c1ccccc1)c1cc(-c2[c-]c(N(c3ccccc3)c3ccccn3)cc(-c3ccccc3)c2)nc(-c2cc(C(C)(C)C)cc(C(C)(C)C)c2O)c1.[Pt]. The second-order valence-corrected chi connectivity index (χ2v) is 16.1. The van der Waals surface area contributed by atoms with Crippen molar-refractivity contribution >= 4 is 17.2 Å². The number of aromatic nitrogens is 2. The molecule has 2 heterocycles. The predicted octanol–water partition coefficient (Wildman–Crippen LogP) is 13.2. The Labute approximate surface area is 341 Å². The van der Waals surface area contributed by atoms with Gasteiger partial charge in [0.05, 0.1) is 5.69 Å². The standard InChI is InChI=1S/C50H48N3O.Pt/c1-34(35-19-11-8-12-20-35)37-30-45(52-46(31-37)43-32-40(49(2,3)4)33-44(48(43)54)50(5,6)7)39-27-38(36-21-13-9-14-22-36)28-42(29-39)53(41-23-15-10-16-24-41)47-25-17-18-26-51-47;/h8-28,30-34,54H,1-7H3;/q-1;. The van der Waals surface area contributed by atoms with Gasteiger partial charge in [-0.2, -0.15) is 0 Å². The third-order valence-corrected chi connectivity index (χ3v) is 10.1. The molecule has 0 saturated carbocycles. The van der Waals surface area contributed by atoms with E-state index in [0.717, 1.165) is 67.5 Å². The van der Waals surface area contributed by atoms with Crippen LogP contribution in [-0.2, 0) is 31.9 Å². The molecule has 0 aliphatic rings. The molecule has 0 radical (unpaired) electrons. The number of hydrogen-bond acceptors (Lipinski definition) is 4. The van der Waals surface area contributed by atoms with Gasteiger partial charge in [0, 0.05) is 50.0 Å². The molecule has 0 bridgehead atoms. The van der Waals surface area contributed by atoms with Crippen LogP contribution < -0.4 is 4.90 Å². The van der Waals surface area contributed by atoms with Crippen LogP contribution in [0.5, 0.6) is 5.75 Å². The Morgan fingerprint density at radius 1 is 0.618 bits per heavy atom. The van der Waals surface area contributed by atoms with E-state index in [9.17, 15) is 5.11 Å². The van der Waals surface area contributed by atoms with E-state index in [-0.39, 0.29) is 43.6 Å². The third-order valence-electron chi connectivity index (χ3n) is 10.1. The Morgan fingerprint density at radius 3 is 1.85 bits per heavy atom. The average Bonchev–Trinajstić information content (AvgIpc) is 3.18. The topological polar surface area (TPSA) is 49.2 Å². The van der Waals surface area contributed by atoms with Gasteiger partial charge in [0.15, 0.2) is 0 Å². The average molecular weight is 902 g/mol. The first-order valence-electron chi connectivity index (χ1n) is 18.7. The third kappa shape index (κ3) is 8.66. The van der Waals surface area contributed by atoms with Gasteiger partial charge in [0.25, 0.3) is 0 Å². The molecule has 280 valence electrons. The molecule has 55 heavy (non-hydrogen) atoms. The molecule has 0 amide bonds. The molecule has 2 aromatic heterocycles. The maximum atomic E-state index is 12.1. The minimum absolute atomic E-state index is 0. The maximum absolute atomic E-state index is 12.1. The van der Waals surface area contributed by atoms with E-state index in [1.165, 1.54) is 5.56 Å². The van der Waals surface area contributed by atoms with Gasteiger partial charge in [-0.05, 0) is 80.9 Å². The Morgan fingerprint density at radius 2 is 1.24 bits per heavy atom. The number of anilines is 3. The van der Waals surface area contributed by atoms with Crippen LogP contribution in [0.15, 0.2) is 152 Å². The molecule has 4 nitrogen and oxygen atoms in total. The van der Waals surface area contributed by atoms with Crippen LogP contribution in [-0.4, -0.2) is 15.1 Å². The van der Waals surface area contributed by atoms with Crippen molar-refractivity contribution in [2.24, 2.45) is 0 Å². The summed E-state index contributed by atoms with van der Waals surface area (Å²) in [5.74, 6) is 1.12. The molecule has 5 aromatic carbocycles. The Kier molecular flexibility index (Phi) is 11.6. The van der Waals surface area contributed by atoms with Gasteiger partial charge in [-0.15, -0.1) is 23.8 Å². The summed E-state index contributed by atoms with van der Waals surface area (Å²) in [5, 5.41) is 12.1. The molecule has 7 aromatic rings. The van der Waals surface area contributed by atoms with Crippen molar-refractivity contribution < 1.29 is 26.2 Å². The van der Waals surface area contributed by atoms with Crippen LogP contribution in [0.1, 0.15) is 76.6 Å². The van der Waals surface area contributed by atoms with E-state index in [2.05, 4.69) is 163 Å². The summed E-state index contributed by atoms with van der Waals surface area (Å²) in [6, 6.07) is 54.0. The summed E-state index contributed by atoms with van der Waals surface area (Å²) in [7, 11) is 0. The second kappa shape index (κ2) is 16.2. The number of phenolic OH excluding ortho intramolecular Hbond substituents is 1. The van der Waals surface area contributed by atoms with Crippen molar-refractivity contribution in [3.8, 4) is 39.4 Å². The summed E-state index contributed by atoms with van der Waals surface area (Å²) in [5.41, 5.74) is 11.0. The zero-order chi connectivity index (χ0) is 38.0. The number of nitrogens with zero attached hydrogens (tertiary/aromatic N) is 3. The van der Waals surface area contributed by atoms with E-state index in [1.54, 1.807) is 0 Å². The minimum Gasteiger partial charge on any atom is -0.507 e. The molecule has 0 saturated heterocycles. The predicted molar refractivity (Wildman–Crippen MR) is 225 cm³/mol. The van der Waals surface area contributed by atoms with Crippen LogP contribution in [0.25, 0.3) is 33.6 Å². The van der Waals surface area contributed by atoms with Gasteiger partial charge >= 0.3 is 0 Å². The smallest absolute Gasteiger partial charge is 0.136 e. The molecule has 0 fully saturated rings. The molecular formula is C50H48N3OPt-. The van der Waals surface area contributed by atoms with Gasteiger partial charge in [-0.25, -0.2) is 4.98 Å². The van der Waals surface area contributed by atoms with Crippen molar-refractivity contribution in [2.75, 3.05) is 4.90 Å². The summed E-state index contributed by atoms with van der Waals surface area (Å²) in [6.45, 7) is 15.3. The van der Waals surface area contributed by atoms with E-state index in [4.69, 9.17) is 9.97 Å². The fourth-order valence-electron chi connectivity index (χ4n) is 6.91. The van der Waals surface area contributed by atoms with Gasteiger partial charge in [0.1, 0.15) is 11.6 Å². The van der Waals surface area contributed by atoms with Gasteiger partial charge in [-0.1, -0.05) is 151 Å². The Hall–Kier alpha value is -5.31. The van der Waals surface area contributed by atoms with Gasteiger partial charge in [0.2, 0.25) is 0 Å². The van der Waals surface area contributed by atoms with Gasteiger partial charge in [-0.3, -0.25) is 4.98 Å². The summed E-state index contributed by atoms with van der Waals surface area (Å²) >= 11 is 0. The van der Waals surface area contributed by atoms with Crippen LogP contribution >= 0.6 is 0 Å². The normalized spacial score (nSPS) is 12.1. The van der Waals surface area contributed by atoms with Crippen LogP contribution in [0.3, 0.4) is 0 Å². The zero-order valence-corrected chi connectivity index (χ0v) is 34.9. The van der Waals surface area contributed by atoms with Crippen molar-refractivity contribution in [3.63, 3.8) is 0 Å². The van der Waals surface area contributed by atoms with Crippen molar-refractivity contribution in [1.29, 1.82) is 0 Å². The summed E-state index contributed by atoms with van der Waals surface area (Å²) in [6.07, 6.45) is 1.82. The van der Waals surface area contributed by atoms with E-state index >= 15 is 0 Å². The Bertz CT molecular complexity index is 2330. The van der Waals surface area contributed by atoms with Crippen molar-refractivity contribution in [1.82, 2.24) is 9.97 Å². The largest absolute Gasteiger partial charge is 0.507 e. The van der Waals surface area contributed by atoms with E-state index < -0.39 is 0 Å². The number of rotatable bonds is 8. The summed E-state index contributed by atoms with van der Waals surface area (Å²) in [4.78, 5) is 12.3. The van der Waals surface area contributed by atoms with E-state index in [0.29, 0.717) is 0 Å². The first kappa shape index (κ1) is 39.4. The Balaban J connectivity index is 0.00000514. The van der Waals surface area contributed by atoms with Crippen LogP contribution in [0.2, 0.25) is 0 Å². The first-order valence-corrected chi connectivity index (χ1v) is 18.7. The molecule has 1 unspecified atom stereocenters. The van der Waals surface area contributed by atoms with E-state index in [1.807, 2.05) is 48.7 Å². The molecule has 1 N–H and O–H groups in total. The molecule has 0 aliphatic heterocycles. The second-order valence-electron chi connectivity index (χ2n) is 16.1. The van der Waals surface area contributed by atoms with Crippen molar-refractivity contribution in [2.45, 2.75) is 65.2 Å². The maximum Gasteiger partial charge on any atom is 0.136 e.